The molecular weight excluding hydrogens is 418 g/mol. The number of hydrogen-bond donors (Lipinski definition) is 2. The summed E-state index contributed by atoms with van der Waals surface area (Å²) in [6, 6.07) is 9.25. The normalized spacial score (nSPS) is 21.1. The Morgan fingerprint density at radius 1 is 1.26 bits per heavy atom. The summed E-state index contributed by atoms with van der Waals surface area (Å²) in [7, 11) is 0. The van der Waals surface area contributed by atoms with Crippen molar-refractivity contribution in [3.05, 3.63) is 58.9 Å². The van der Waals surface area contributed by atoms with Gasteiger partial charge in [0.2, 0.25) is 11.8 Å². The first-order valence-corrected chi connectivity index (χ1v) is 10.6. The van der Waals surface area contributed by atoms with Crippen LogP contribution in [0.2, 0.25) is 5.02 Å². The van der Waals surface area contributed by atoms with Crippen molar-refractivity contribution < 1.29 is 14.4 Å². The van der Waals surface area contributed by atoms with E-state index in [1.165, 1.54) is 9.80 Å². The minimum atomic E-state index is -0.532. The summed E-state index contributed by atoms with van der Waals surface area (Å²) >= 11 is 6.14. The van der Waals surface area contributed by atoms with E-state index in [0.717, 1.165) is 12.0 Å². The number of carbonyl (C=O) groups is 3. The molecule has 3 heterocycles. The monoisotopic (exact) mass is 441 g/mol. The van der Waals surface area contributed by atoms with E-state index in [0.29, 0.717) is 29.4 Å². The van der Waals surface area contributed by atoms with Crippen LogP contribution in [0.3, 0.4) is 0 Å². The number of pyridine rings is 1. The van der Waals surface area contributed by atoms with E-state index in [4.69, 9.17) is 11.6 Å². The Balaban J connectivity index is 1.55. The lowest BCUT2D eigenvalue weighted by molar-refractivity contribution is -0.138. The lowest BCUT2D eigenvalue weighted by Crippen LogP contribution is -2.70. The predicted molar refractivity (Wildman–Crippen MR) is 117 cm³/mol. The Hall–Kier alpha value is -2.97. The van der Waals surface area contributed by atoms with E-state index in [-0.39, 0.29) is 30.9 Å². The van der Waals surface area contributed by atoms with E-state index >= 15 is 0 Å². The molecule has 4 amide bonds. The number of hydrogen-bond acceptors (Lipinski definition) is 5. The summed E-state index contributed by atoms with van der Waals surface area (Å²) in [5, 5.41) is 6.61. The second kappa shape index (κ2) is 9.03. The Labute approximate surface area is 185 Å². The number of piperidine rings is 1. The highest BCUT2D eigenvalue weighted by Gasteiger charge is 2.47. The highest BCUT2D eigenvalue weighted by Crippen LogP contribution is 2.27. The van der Waals surface area contributed by atoms with Gasteiger partial charge in [-0.2, -0.15) is 0 Å². The molecule has 0 spiro atoms. The molecule has 9 heteroatoms. The van der Waals surface area contributed by atoms with Gasteiger partial charge in [0.25, 0.3) is 0 Å². The summed E-state index contributed by atoms with van der Waals surface area (Å²) in [5.74, 6) is -0.613. The van der Waals surface area contributed by atoms with Gasteiger partial charge in [0.1, 0.15) is 12.6 Å². The number of imide groups is 1. The molecule has 1 aromatic carbocycles. The van der Waals surface area contributed by atoms with E-state index in [1.54, 1.807) is 42.6 Å². The van der Waals surface area contributed by atoms with Crippen LogP contribution in [0.1, 0.15) is 24.1 Å². The van der Waals surface area contributed by atoms with E-state index in [1.807, 2.05) is 6.92 Å². The van der Waals surface area contributed by atoms with E-state index < -0.39 is 12.1 Å². The van der Waals surface area contributed by atoms with Crippen LogP contribution in [0, 0.1) is 6.92 Å². The van der Waals surface area contributed by atoms with Crippen LogP contribution in [0.5, 0.6) is 0 Å². The zero-order valence-electron chi connectivity index (χ0n) is 17.2. The van der Waals surface area contributed by atoms with Crippen molar-refractivity contribution >= 4 is 35.1 Å². The third-order valence-electron chi connectivity index (χ3n) is 5.74. The van der Waals surface area contributed by atoms with Crippen molar-refractivity contribution in [1.29, 1.82) is 0 Å². The zero-order chi connectivity index (χ0) is 22.0. The quantitative estimate of drug-likeness (QED) is 0.743. The van der Waals surface area contributed by atoms with Gasteiger partial charge in [-0.15, -0.1) is 0 Å². The molecule has 2 saturated heterocycles. The number of fused-ring (bicyclic) bond motifs is 1. The molecule has 2 atom stereocenters. The van der Waals surface area contributed by atoms with Crippen LogP contribution < -0.4 is 10.6 Å². The maximum atomic E-state index is 13.3. The number of urea groups is 1. The SMILES string of the molecule is Cc1c(Cl)cccc1NC(=O)CN1C(=O)N(Cc2ccccn2)C(=O)C2NCCCC21. The second-order valence-electron chi connectivity index (χ2n) is 7.76. The van der Waals surface area contributed by atoms with Gasteiger partial charge in [-0.25, -0.2) is 4.79 Å². The molecule has 2 N–H and O–H groups in total. The van der Waals surface area contributed by atoms with Crippen LogP contribution >= 0.6 is 11.6 Å². The van der Waals surface area contributed by atoms with Gasteiger partial charge in [0, 0.05) is 16.9 Å². The highest BCUT2D eigenvalue weighted by molar-refractivity contribution is 6.31. The number of benzene rings is 1. The smallest absolute Gasteiger partial charge is 0.324 e. The Morgan fingerprint density at radius 3 is 2.87 bits per heavy atom. The molecule has 0 aliphatic carbocycles. The number of amides is 4. The minimum absolute atomic E-state index is 0.0644. The third kappa shape index (κ3) is 4.40. The standard InChI is InChI=1S/C22H24ClN5O3/c1-14-16(23)7-4-8-17(14)26-19(29)13-27-18-9-5-11-25-20(18)21(30)28(22(27)31)12-15-6-2-3-10-24-15/h2-4,6-8,10,18,20,25H,5,9,11-13H2,1H3,(H,26,29). The van der Waals surface area contributed by atoms with Crippen LogP contribution in [0.15, 0.2) is 42.6 Å². The number of halogens is 1. The molecular formula is C22H24ClN5O3. The van der Waals surface area contributed by atoms with Gasteiger partial charge in [0.05, 0.1) is 18.3 Å². The summed E-state index contributed by atoms with van der Waals surface area (Å²) in [6.07, 6.45) is 3.11. The number of aromatic nitrogens is 1. The maximum Gasteiger partial charge on any atom is 0.327 e. The first kappa shape index (κ1) is 21.3. The fourth-order valence-corrected chi connectivity index (χ4v) is 4.26. The molecule has 0 saturated carbocycles. The van der Waals surface area contributed by atoms with Crippen LogP contribution in [0.25, 0.3) is 0 Å². The van der Waals surface area contributed by atoms with Crippen molar-refractivity contribution in [3.8, 4) is 0 Å². The number of rotatable bonds is 5. The third-order valence-corrected chi connectivity index (χ3v) is 6.15. The molecule has 162 valence electrons. The molecule has 31 heavy (non-hydrogen) atoms. The van der Waals surface area contributed by atoms with Crippen molar-refractivity contribution in [2.24, 2.45) is 0 Å². The molecule has 0 bridgehead atoms. The Kier molecular flexibility index (Phi) is 6.20. The molecule has 2 aliphatic heterocycles. The van der Waals surface area contributed by atoms with Gasteiger partial charge in [-0.1, -0.05) is 23.7 Å². The highest BCUT2D eigenvalue weighted by atomic mass is 35.5. The number of anilines is 1. The second-order valence-corrected chi connectivity index (χ2v) is 8.17. The number of nitrogens with one attached hydrogen (secondary N) is 2. The van der Waals surface area contributed by atoms with Gasteiger partial charge < -0.3 is 15.5 Å². The zero-order valence-corrected chi connectivity index (χ0v) is 17.9. The Morgan fingerprint density at radius 2 is 2.10 bits per heavy atom. The predicted octanol–water partition coefficient (Wildman–Crippen LogP) is 2.57. The van der Waals surface area contributed by atoms with Gasteiger partial charge in [-0.3, -0.25) is 19.5 Å². The minimum Gasteiger partial charge on any atom is -0.324 e. The molecule has 2 aliphatic rings. The summed E-state index contributed by atoms with van der Waals surface area (Å²) < 4.78 is 0. The largest absolute Gasteiger partial charge is 0.327 e. The molecule has 1 aromatic heterocycles. The molecule has 2 unspecified atom stereocenters. The lowest BCUT2D eigenvalue weighted by atomic mass is 9.93. The molecule has 8 nitrogen and oxygen atoms in total. The fourth-order valence-electron chi connectivity index (χ4n) is 4.09. The fraction of sp³-hybridized carbons (Fsp3) is 0.364. The van der Waals surface area contributed by atoms with Gasteiger partial charge in [-0.05, 0) is 56.1 Å². The molecule has 0 radical (unpaired) electrons. The summed E-state index contributed by atoms with van der Waals surface area (Å²) in [6.45, 7) is 2.42. The average molecular weight is 442 g/mol. The Bertz CT molecular complexity index is 1000. The van der Waals surface area contributed by atoms with Crippen LogP contribution in [0.4, 0.5) is 10.5 Å². The maximum absolute atomic E-state index is 13.3. The molecule has 2 fully saturated rings. The first-order valence-electron chi connectivity index (χ1n) is 10.3. The number of carbonyl (C=O) groups excluding carboxylic acids is 3. The van der Waals surface area contributed by atoms with Crippen LogP contribution in [-0.2, 0) is 16.1 Å². The van der Waals surface area contributed by atoms with Gasteiger partial charge in [0.15, 0.2) is 0 Å². The van der Waals surface area contributed by atoms with Crippen LogP contribution in [-0.4, -0.2) is 57.8 Å². The topological polar surface area (TPSA) is 94.6 Å². The molecule has 2 aromatic rings. The van der Waals surface area contributed by atoms with E-state index in [2.05, 4.69) is 15.6 Å². The number of nitrogens with zero attached hydrogens (tertiary/aromatic N) is 3. The van der Waals surface area contributed by atoms with Crippen molar-refractivity contribution in [2.75, 3.05) is 18.4 Å². The van der Waals surface area contributed by atoms with Gasteiger partial charge >= 0.3 is 6.03 Å². The first-order chi connectivity index (χ1) is 15.0. The summed E-state index contributed by atoms with van der Waals surface area (Å²) in [5.41, 5.74) is 1.96. The van der Waals surface area contributed by atoms with Crippen molar-refractivity contribution in [2.45, 2.75) is 38.4 Å². The van der Waals surface area contributed by atoms with E-state index in [9.17, 15) is 14.4 Å². The molecule has 4 rings (SSSR count). The van der Waals surface area contributed by atoms with Crippen molar-refractivity contribution in [3.63, 3.8) is 0 Å². The average Bonchev–Trinajstić information content (AvgIpc) is 2.78. The van der Waals surface area contributed by atoms with Crippen molar-refractivity contribution in [1.82, 2.24) is 20.1 Å². The lowest BCUT2D eigenvalue weighted by Gasteiger charge is -2.46. The summed E-state index contributed by atoms with van der Waals surface area (Å²) in [4.78, 5) is 46.1.